The van der Waals surface area contributed by atoms with Gasteiger partial charge in [-0.2, -0.15) is 0 Å². The van der Waals surface area contributed by atoms with Crippen molar-refractivity contribution in [3.05, 3.63) is 35.4 Å². The highest BCUT2D eigenvalue weighted by atomic mass is 14.9. The number of likely N-dealkylation sites (N-methyl/N-ethyl adjacent to an activating group) is 1. The molecular weight excluding hydrogens is 208 g/mol. The third-order valence-electron chi connectivity index (χ3n) is 2.83. The van der Waals surface area contributed by atoms with Gasteiger partial charge in [0.15, 0.2) is 0 Å². The molecule has 0 aliphatic heterocycles. The van der Waals surface area contributed by atoms with E-state index in [2.05, 4.69) is 55.7 Å². The minimum Gasteiger partial charge on any atom is -0.317 e. The van der Waals surface area contributed by atoms with Crippen LogP contribution >= 0.6 is 0 Å². The first-order valence-electron chi connectivity index (χ1n) is 6.74. The van der Waals surface area contributed by atoms with Gasteiger partial charge >= 0.3 is 0 Å². The number of nitrogens with one attached hydrogen (secondary N) is 2. The SMILES string of the molecule is CCNCCc1ccc(CCNC(C)C)cc1. The Labute approximate surface area is 106 Å². The lowest BCUT2D eigenvalue weighted by molar-refractivity contribution is 0.590. The molecule has 0 unspecified atom stereocenters. The summed E-state index contributed by atoms with van der Waals surface area (Å²) in [6, 6.07) is 9.59. The van der Waals surface area contributed by atoms with Gasteiger partial charge in [-0.25, -0.2) is 0 Å². The summed E-state index contributed by atoms with van der Waals surface area (Å²) in [6.45, 7) is 9.70. The molecule has 17 heavy (non-hydrogen) atoms. The fraction of sp³-hybridized carbons (Fsp3) is 0.600. The van der Waals surface area contributed by atoms with E-state index < -0.39 is 0 Å². The van der Waals surface area contributed by atoms with Gasteiger partial charge in [0.1, 0.15) is 0 Å². The molecule has 1 rings (SSSR count). The number of hydrogen-bond acceptors (Lipinski definition) is 2. The van der Waals surface area contributed by atoms with Crippen LogP contribution in [-0.2, 0) is 12.8 Å². The van der Waals surface area contributed by atoms with Crippen molar-refractivity contribution in [2.45, 2.75) is 39.7 Å². The van der Waals surface area contributed by atoms with E-state index in [0.717, 1.165) is 32.5 Å². The average Bonchev–Trinajstić information content (AvgIpc) is 2.31. The molecule has 1 aromatic carbocycles. The monoisotopic (exact) mass is 234 g/mol. The van der Waals surface area contributed by atoms with E-state index in [4.69, 9.17) is 0 Å². The fourth-order valence-electron chi connectivity index (χ4n) is 1.79. The van der Waals surface area contributed by atoms with E-state index in [9.17, 15) is 0 Å². The zero-order chi connectivity index (χ0) is 12.5. The Morgan fingerprint density at radius 1 is 0.941 bits per heavy atom. The van der Waals surface area contributed by atoms with Crippen LogP contribution in [-0.4, -0.2) is 25.7 Å². The van der Waals surface area contributed by atoms with Crippen LogP contribution < -0.4 is 10.6 Å². The van der Waals surface area contributed by atoms with Gasteiger partial charge in [-0.1, -0.05) is 45.0 Å². The van der Waals surface area contributed by atoms with Crippen LogP contribution in [0.4, 0.5) is 0 Å². The summed E-state index contributed by atoms with van der Waals surface area (Å²) in [4.78, 5) is 0. The lowest BCUT2D eigenvalue weighted by atomic mass is 10.1. The third-order valence-corrected chi connectivity index (χ3v) is 2.83. The molecule has 0 spiro atoms. The summed E-state index contributed by atoms with van der Waals surface area (Å²) in [5, 5.41) is 6.79. The summed E-state index contributed by atoms with van der Waals surface area (Å²) in [6.07, 6.45) is 2.24. The molecule has 0 amide bonds. The Bertz CT molecular complexity index is 290. The van der Waals surface area contributed by atoms with Crippen LogP contribution in [0.2, 0.25) is 0 Å². The maximum atomic E-state index is 3.44. The Morgan fingerprint density at radius 3 is 1.94 bits per heavy atom. The molecule has 0 fully saturated rings. The quantitative estimate of drug-likeness (QED) is 0.675. The molecule has 0 saturated heterocycles. The van der Waals surface area contributed by atoms with Gasteiger partial charge < -0.3 is 10.6 Å². The molecule has 0 aromatic heterocycles. The van der Waals surface area contributed by atoms with Crippen LogP contribution in [0.3, 0.4) is 0 Å². The van der Waals surface area contributed by atoms with Gasteiger partial charge in [-0.15, -0.1) is 0 Å². The van der Waals surface area contributed by atoms with E-state index in [-0.39, 0.29) is 0 Å². The third kappa shape index (κ3) is 6.44. The predicted molar refractivity (Wildman–Crippen MR) is 75.5 cm³/mol. The van der Waals surface area contributed by atoms with E-state index in [1.807, 2.05) is 0 Å². The Hall–Kier alpha value is -0.860. The first-order chi connectivity index (χ1) is 8.22. The normalized spacial score (nSPS) is 11.1. The maximum Gasteiger partial charge on any atom is 0.00105 e. The lowest BCUT2D eigenvalue weighted by Gasteiger charge is -2.08. The van der Waals surface area contributed by atoms with Gasteiger partial charge in [-0.05, 0) is 43.6 Å². The van der Waals surface area contributed by atoms with Crippen molar-refractivity contribution in [1.82, 2.24) is 10.6 Å². The summed E-state index contributed by atoms with van der Waals surface area (Å²) < 4.78 is 0. The van der Waals surface area contributed by atoms with E-state index in [1.54, 1.807) is 0 Å². The van der Waals surface area contributed by atoms with Gasteiger partial charge in [0.2, 0.25) is 0 Å². The summed E-state index contributed by atoms with van der Waals surface area (Å²) in [5.41, 5.74) is 2.84. The van der Waals surface area contributed by atoms with Crippen molar-refractivity contribution in [3.63, 3.8) is 0 Å². The second-order valence-corrected chi connectivity index (χ2v) is 4.78. The number of rotatable bonds is 8. The van der Waals surface area contributed by atoms with Gasteiger partial charge in [-0.3, -0.25) is 0 Å². The summed E-state index contributed by atoms with van der Waals surface area (Å²) in [7, 11) is 0. The summed E-state index contributed by atoms with van der Waals surface area (Å²) >= 11 is 0. The van der Waals surface area contributed by atoms with Crippen LogP contribution in [0.1, 0.15) is 31.9 Å². The van der Waals surface area contributed by atoms with Crippen molar-refractivity contribution in [2.75, 3.05) is 19.6 Å². The lowest BCUT2D eigenvalue weighted by Crippen LogP contribution is -2.24. The minimum atomic E-state index is 0.578. The second-order valence-electron chi connectivity index (χ2n) is 4.78. The topological polar surface area (TPSA) is 24.1 Å². The Kier molecular flexibility index (Phi) is 6.90. The molecule has 2 heteroatoms. The van der Waals surface area contributed by atoms with Crippen LogP contribution in [0.25, 0.3) is 0 Å². The van der Waals surface area contributed by atoms with Crippen molar-refractivity contribution in [3.8, 4) is 0 Å². The van der Waals surface area contributed by atoms with E-state index in [1.165, 1.54) is 11.1 Å². The molecule has 96 valence electrons. The van der Waals surface area contributed by atoms with Gasteiger partial charge in [0.05, 0.1) is 0 Å². The van der Waals surface area contributed by atoms with Crippen molar-refractivity contribution in [2.24, 2.45) is 0 Å². The average molecular weight is 234 g/mol. The summed E-state index contributed by atoms with van der Waals surface area (Å²) in [5.74, 6) is 0. The number of hydrogen-bond donors (Lipinski definition) is 2. The molecule has 0 atom stereocenters. The van der Waals surface area contributed by atoms with Crippen molar-refractivity contribution < 1.29 is 0 Å². The van der Waals surface area contributed by atoms with E-state index in [0.29, 0.717) is 6.04 Å². The molecule has 2 N–H and O–H groups in total. The minimum absolute atomic E-state index is 0.578. The highest BCUT2D eigenvalue weighted by molar-refractivity contribution is 5.23. The highest BCUT2D eigenvalue weighted by Crippen LogP contribution is 2.05. The van der Waals surface area contributed by atoms with Gasteiger partial charge in [0, 0.05) is 6.04 Å². The highest BCUT2D eigenvalue weighted by Gasteiger charge is 1.96. The molecule has 2 nitrogen and oxygen atoms in total. The Morgan fingerprint density at radius 2 is 1.47 bits per heavy atom. The van der Waals surface area contributed by atoms with Crippen molar-refractivity contribution >= 4 is 0 Å². The van der Waals surface area contributed by atoms with Crippen LogP contribution in [0, 0.1) is 0 Å². The molecule has 0 radical (unpaired) electrons. The smallest absolute Gasteiger partial charge is 0.00105 e. The van der Waals surface area contributed by atoms with E-state index >= 15 is 0 Å². The first kappa shape index (κ1) is 14.2. The first-order valence-corrected chi connectivity index (χ1v) is 6.74. The predicted octanol–water partition coefficient (Wildman–Crippen LogP) is 2.38. The fourth-order valence-corrected chi connectivity index (χ4v) is 1.79. The maximum absolute atomic E-state index is 3.44. The van der Waals surface area contributed by atoms with Crippen LogP contribution in [0.15, 0.2) is 24.3 Å². The molecule has 0 bridgehead atoms. The molecule has 0 saturated carbocycles. The largest absolute Gasteiger partial charge is 0.317 e. The molecular formula is C15H26N2. The zero-order valence-corrected chi connectivity index (χ0v) is 11.4. The van der Waals surface area contributed by atoms with Crippen LogP contribution in [0.5, 0.6) is 0 Å². The molecule has 0 aliphatic rings. The second kappa shape index (κ2) is 8.26. The van der Waals surface area contributed by atoms with Crippen molar-refractivity contribution in [1.29, 1.82) is 0 Å². The zero-order valence-electron chi connectivity index (χ0n) is 11.4. The standard InChI is InChI=1S/C15H26N2/c1-4-16-11-9-14-5-7-15(8-6-14)10-12-17-13(2)3/h5-8,13,16-17H,4,9-12H2,1-3H3. The molecule has 0 aliphatic carbocycles. The molecule has 1 aromatic rings. The molecule has 0 heterocycles. The van der Waals surface area contributed by atoms with Gasteiger partial charge in [0.25, 0.3) is 0 Å². The number of benzene rings is 1. The Balaban J connectivity index is 2.29.